The predicted octanol–water partition coefficient (Wildman–Crippen LogP) is 2.82. The minimum Gasteiger partial charge on any atom is -0.487 e. The molecule has 0 saturated carbocycles. The number of nitrogens with zero attached hydrogens (tertiary/aromatic N) is 3. The third-order valence-corrected chi connectivity index (χ3v) is 4.49. The summed E-state index contributed by atoms with van der Waals surface area (Å²) in [5.74, 6) is 0.105. The summed E-state index contributed by atoms with van der Waals surface area (Å²) in [6.07, 6.45) is 1.30. The monoisotopic (exact) mass is 378 g/mol. The van der Waals surface area contributed by atoms with Crippen molar-refractivity contribution >= 4 is 28.1 Å². The van der Waals surface area contributed by atoms with Crippen LogP contribution in [0.15, 0.2) is 70.5 Å². The topological polar surface area (TPSA) is 86.1 Å². The van der Waals surface area contributed by atoms with Crippen molar-refractivity contribution in [1.82, 2.24) is 14.6 Å². The van der Waals surface area contributed by atoms with Gasteiger partial charge in [-0.15, -0.1) is 11.3 Å². The van der Waals surface area contributed by atoms with Crippen LogP contribution >= 0.6 is 11.3 Å². The van der Waals surface area contributed by atoms with E-state index in [9.17, 15) is 9.59 Å². The lowest BCUT2D eigenvalue weighted by Gasteiger charge is -2.10. The Bertz CT molecular complexity index is 1160. The molecule has 0 fully saturated rings. The molecule has 4 rings (SSSR count). The SMILES string of the molecule is O=C(Nn1cnc2ccccc2c1=O)c1cccc(OCc2cscn2)c1. The van der Waals surface area contributed by atoms with Crippen LogP contribution in [-0.2, 0) is 6.61 Å². The molecule has 4 aromatic rings. The molecule has 134 valence electrons. The van der Waals surface area contributed by atoms with Crippen LogP contribution < -0.4 is 15.7 Å². The number of para-hydroxylation sites is 1. The molecule has 0 aliphatic rings. The third-order valence-electron chi connectivity index (χ3n) is 3.85. The first-order chi connectivity index (χ1) is 13.2. The fraction of sp³-hybridized carbons (Fsp3) is 0.0526. The van der Waals surface area contributed by atoms with Crippen LogP contribution in [0.4, 0.5) is 0 Å². The van der Waals surface area contributed by atoms with Gasteiger partial charge in [-0.05, 0) is 30.3 Å². The standard InChI is InChI=1S/C19H14N4O3S/c24-18(22-23-11-20-17-7-2-1-6-16(17)19(23)25)13-4-3-5-15(8-13)26-9-14-10-27-12-21-14/h1-8,10-12H,9H2,(H,22,24). The zero-order valence-corrected chi connectivity index (χ0v) is 14.8. The molecule has 2 aromatic heterocycles. The van der Waals surface area contributed by atoms with Crippen LogP contribution in [0.25, 0.3) is 10.9 Å². The van der Waals surface area contributed by atoms with E-state index in [0.717, 1.165) is 10.4 Å². The molecule has 1 N–H and O–H groups in total. The average Bonchev–Trinajstić information content (AvgIpc) is 3.22. The number of hydrogen-bond acceptors (Lipinski definition) is 6. The Morgan fingerprint density at radius 3 is 2.89 bits per heavy atom. The van der Waals surface area contributed by atoms with Gasteiger partial charge in [-0.25, -0.2) is 14.6 Å². The minimum atomic E-state index is -0.437. The van der Waals surface area contributed by atoms with E-state index in [1.54, 1.807) is 54.0 Å². The summed E-state index contributed by atoms with van der Waals surface area (Å²) < 4.78 is 6.73. The largest absolute Gasteiger partial charge is 0.487 e. The maximum atomic E-state index is 12.5. The third kappa shape index (κ3) is 3.70. The number of thiazole rings is 1. The molecule has 0 aliphatic carbocycles. The molecule has 0 unspecified atom stereocenters. The number of carbonyl (C=O) groups excluding carboxylic acids is 1. The Hall–Kier alpha value is -3.52. The van der Waals surface area contributed by atoms with Crippen LogP contribution in [0.3, 0.4) is 0 Å². The second-order valence-electron chi connectivity index (χ2n) is 5.67. The molecular formula is C19H14N4O3S. The number of amides is 1. The van der Waals surface area contributed by atoms with Gasteiger partial charge in [0.1, 0.15) is 18.7 Å². The highest BCUT2D eigenvalue weighted by Crippen LogP contribution is 2.15. The van der Waals surface area contributed by atoms with Crippen LogP contribution in [0.2, 0.25) is 0 Å². The number of aromatic nitrogens is 3. The molecule has 2 aromatic carbocycles. The first-order valence-corrected chi connectivity index (χ1v) is 9.03. The summed E-state index contributed by atoms with van der Waals surface area (Å²) in [5, 5.41) is 2.33. The lowest BCUT2D eigenvalue weighted by molar-refractivity contribution is 0.101. The van der Waals surface area contributed by atoms with Gasteiger partial charge < -0.3 is 4.74 Å². The van der Waals surface area contributed by atoms with Crippen molar-refractivity contribution in [2.24, 2.45) is 0 Å². The van der Waals surface area contributed by atoms with Gasteiger partial charge in [0, 0.05) is 10.9 Å². The summed E-state index contributed by atoms with van der Waals surface area (Å²) >= 11 is 1.49. The van der Waals surface area contributed by atoms with Gasteiger partial charge in [0.05, 0.1) is 22.1 Å². The van der Waals surface area contributed by atoms with Crippen LogP contribution in [0, 0.1) is 0 Å². The Labute approximate surface area is 157 Å². The van der Waals surface area contributed by atoms with Crippen molar-refractivity contribution in [2.75, 3.05) is 5.43 Å². The van der Waals surface area contributed by atoms with E-state index in [2.05, 4.69) is 15.4 Å². The summed E-state index contributed by atoms with van der Waals surface area (Å²) in [6, 6.07) is 13.7. The normalized spacial score (nSPS) is 10.7. The van der Waals surface area contributed by atoms with Gasteiger partial charge in [-0.1, -0.05) is 18.2 Å². The Balaban J connectivity index is 1.52. The molecule has 27 heavy (non-hydrogen) atoms. The number of carbonyl (C=O) groups is 1. The Morgan fingerprint density at radius 2 is 2.04 bits per heavy atom. The minimum absolute atomic E-state index is 0.322. The highest BCUT2D eigenvalue weighted by atomic mass is 32.1. The molecule has 0 atom stereocenters. The van der Waals surface area contributed by atoms with Crippen LogP contribution in [0.1, 0.15) is 16.1 Å². The smallest absolute Gasteiger partial charge is 0.280 e. The van der Waals surface area contributed by atoms with E-state index in [1.807, 2.05) is 5.38 Å². The second-order valence-corrected chi connectivity index (χ2v) is 6.39. The number of benzene rings is 2. The first-order valence-electron chi connectivity index (χ1n) is 8.08. The lowest BCUT2D eigenvalue weighted by atomic mass is 10.2. The van der Waals surface area contributed by atoms with Crippen molar-refractivity contribution in [3.63, 3.8) is 0 Å². The van der Waals surface area contributed by atoms with E-state index in [-0.39, 0.29) is 5.56 Å². The molecule has 0 bridgehead atoms. The highest BCUT2D eigenvalue weighted by molar-refractivity contribution is 7.07. The molecule has 8 heteroatoms. The highest BCUT2D eigenvalue weighted by Gasteiger charge is 2.10. The summed E-state index contributed by atoms with van der Waals surface area (Å²) in [6.45, 7) is 0.322. The van der Waals surface area contributed by atoms with E-state index in [4.69, 9.17) is 4.74 Å². The van der Waals surface area contributed by atoms with E-state index >= 15 is 0 Å². The summed E-state index contributed by atoms with van der Waals surface area (Å²) in [7, 11) is 0. The molecule has 0 aliphatic heterocycles. The van der Waals surface area contributed by atoms with Gasteiger partial charge in [-0.2, -0.15) is 0 Å². The molecule has 1 amide bonds. The van der Waals surface area contributed by atoms with Gasteiger partial charge in [-0.3, -0.25) is 15.0 Å². The summed E-state index contributed by atoms with van der Waals surface area (Å²) in [4.78, 5) is 33.3. The van der Waals surface area contributed by atoms with Gasteiger partial charge in [0.25, 0.3) is 11.5 Å². The quantitative estimate of drug-likeness (QED) is 0.577. The predicted molar refractivity (Wildman–Crippen MR) is 103 cm³/mol. The molecule has 7 nitrogen and oxygen atoms in total. The fourth-order valence-electron chi connectivity index (χ4n) is 2.52. The number of nitrogens with one attached hydrogen (secondary N) is 1. The molecule has 0 spiro atoms. The van der Waals surface area contributed by atoms with Crippen LogP contribution in [-0.4, -0.2) is 20.6 Å². The molecule has 0 saturated heterocycles. The molecular weight excluding hydrogens is 364 g/mol. The molecule has 2 heterocycles. The van der Waals surface area contributed by atoms with Crippen molar-refractivity contribution in [1.29, 1.82) is 0 Å². The number of hydrogen-bond donors (Lipinski definition) is 1. The zero-order chi connectivity index (χ0) is 18.6. The number of fused-ring (bicyclic) bond motifs is 1. The maximum absolute atomic E-state index is 12.5. The molecule has 0 radical (unpaired) electrons. The first kappa shape index (κ1) is 16.9. The zero-order valence-electron chi connectivity index (χ0n) is 14.0. The van der Waals surface area contributed by atoms with Gasteiger partial charge in [0.2, 0.25) is 0 Å². The number of rotatable bonds is 5. The Kier molecular flexibility index (Phi) is 4.63. The second kappa shape index (κ2) is 7.38. The van der Waals surface area contributed by atoms with Crippen LogP contribution in [0.5, 0.6) is 5.75 Å². The van der Waals surface area contributed by atoms with Crippen molar-refractivity contribution in [3.8, 4) is 5.75 Å². The van der Waals surface area contributed by atoms with E-state index < -0.39 is 5.91 Å². The maximum Gasteiger partial charge on any atom is 0.280 e. The fourth-order valence-corrected chi connectivity index (χ4v) is 3.06. The average molecular weight is 378 g/mol. The lowest BCUT2D eigenvalue weighted by Crippen LogP contribution is -2.33. The van der Waals surface area contributed by atoms with Crippen molar-refractivity contribution < 1.29 is 9.53 Å². The van der Waals surface area contributed by atoms with E-state index in [0.29, 0.717) is 28.8 Å². The Morgan fingerprint density at radius 1 is 1.15 bits per heavy atom. The van der Waals surface area contributed by atoms with Gasteiger partial charge >= 0.3 is 0 Å². The van der Waals surface area contributed by atoms with Gasteiger partial charge in [0.15, 0.2) is 0 Å². The van der Waals surface area contributed by atoms with Crippen molar-refractivity contribution in [3.05, 3.63) is 87.4 Å². The van der Waals surface area contributed by atoms with E-state index in [1.165, 1.54) is 17.7 Å². The van der Waals surface area contributed by atoms with Crippen molar-refractivity contribution in [2.45, 2.75) is 6.61 Å². The summed E-state index contributed by atoms with van der Waals surface area (Å²) in [5.41, 5.74) is 5.71. The number of ether oxygens (including phenoxy) is 1.